The van der Waals surface area contributed by atoms with Gasteiger partial charge in [0, 0.05) is 5.56 Å². The molecule has 0 aliphatic heterocycles. The Morgan fingerprint density at radius 1 is 0.690 bits per heavy atom. The number of rotatable bonds is 7. The Labute approximate surface area is 167 Å². The highest BCUT2D eigenvalue weighted by Crippen LogP contribution is 2.29. The van der Waals surface area contributed by atoms with E-state index in [0.29, 0.717) is 5.75 Å². The van der Waals surface area contributed by atoms with Crippen molar-refractivity contribution in [3.05, 3.63) is 84.7 Å². The fraction of sp³-hybridized carbons (Fsp3) is 0.0909. The first-order valence-corrected chi connectivity index (χ1v) is 8.86. The van der Waals surface area contributed by atoms with Gasteiger partial charge in [-0.05, 0) is 23.8 Å². The molecule has 2 N–H and O–H groups in total. The Balaban J connectivity index is 1.46. The van der Waals surface area contributed by atoms with Crippen LogP contribution in [0.4, 0.5) is 4.39 Å². The Kier molecular flexibility index (Phi) is 6.78. The first-order valence-electron chi connectivity index (χ1n) is 8.86. The van der Waals surface area contributed by atoms with Gasteiger partial charge in [0.25, 0.3) is 11.8 Å². The van der Waals surface area contributed by atoms with Crippen molar-refractivity contribution in [2.45, 2.75) is 0 Å². The van der Waals surface area contributed by atoms with Crippen molar-refractivity contribution in [1.29, 1.82) is 0 Å². The molecular formula is C22H19FN2O4. The normalized spacial score (nSPS) is 10.1. The lowest BCUT2D eigenvalue weighted by Gasteiger charge is -2.12. The van der Waals surface area contributed by atoms with E-state index in [2.05, 4.69) is 10.9 Å². The molecular weight excluding hydrogens is 375 g/mol. The number of hydrogen-bond donors (Lipinski definition) is 2. The summed E-state index contributed by atoms with van der Waals surface area (Å²) in [6.07, 6.45) is 0. The molecule has 0 saturated carbocycles. The number of ether oxygens (including phenoxy) is 2. The van der Waals surface area contributed by atoms with Crippen molar-refractivity contribution in [2.24, 2.45) is 0 Å². The number of hydrazine groups is 1. The highest BCUT2D eigenvalue weighted by atomic mass is 19.1. The van der Waals surface area contributed by atoms with Crippen molar-refractivity contribution in [1.82, 2.24) is 10.9 Å². The van der Waals surface area contributed by atoms with Crippen molar-refractivity contribution in [3.63, 3.8) is 0 Å². The van der Waals surface area contributed by atoms with Gasteiger partial charge in [0.1, 0.15) is 5.75 Å². The minimum Gasteiger partial charge on any atom is -0.483 e. The molecule has 0 spiro atoms. The number of amides is 2. The van der Waals surface area contributed by atoms with Crippen LogP contribution in [-0.2, 0) is 9.59 Å². The monoisotopic (exact) mass is 394 g/mol. The molecule has 0 fully saturated rings. The summed E-state index contributed by atoms with van der Waals surface area (Å²) in [6.45, 7) is -0.739. The zero-order chi connectivity index (χ0) is 20.5. The second-order valence-electron chi connectivity index (χ2n) is 5.97. The molecule has 6 nitrogen and oxygen atoms in total. The van der Waals surface area contributed by atoms with Gasteiger partial charge >= 0.3 is 0 Å². The van der Waals surface area contributed by atoms with E-state index < -0.39 is 24.2 Å². The second kappa shape index (κ2) is 9.89. The Morgan fingerprint density at radius 2 is 1.21 bits per heavy atom. The minimum atomic E-state index is -0.633. The van der Waals surface area contributed by atoms with E-state index in [1.807, 2.05) is 48.5 Å². The maximum atomic E-state index is 13.4. The van der Waals surface area contributed by atoms with Gasteiger partial charge in [-0.1, -0.05) is 60.7 Å². The summed E-state index contributed by atoms with van der Waals surface area (Å²) in [4.78, 5) is 23.7. The highest BCUT2D eigenvalue weighted by Gasteiger charge is 2.10. The van der Waals surface area contributed by atoms with Gasteiger partial charge < -0.3 is 9.47 Å². The molecule has 0 saturated heterocycles. The van der Waals surface area contributed by atoms with Crippen LogP contribution in [0.15, 0.2) is 78.9 Å². The van der Waals surface area contributed by atoms with Crippen molar-refractivity contribution < 1.29 is 23.5 Å². The topological polar surface area (TPSA) is 76.7 Å². The lowest BCUT2D eigenvalue weighted by atomic mass is 10.1. The number of carbonyl (C=O) groups excluding carboxylic acids is 2. The van der Waals surface area contributed by atoms with Gasteiger partial charge in [-0.15, -0.1) is 0 Å². The Bertz CT molecular complexity index is 979. The standard InChI is InChI=1S/C22H19FN2O4/c23-18-11-5-7-13-20(18)29-15-22(27)25-24-21(26)14-28-19-12-6-4-10-17(19)16-8-2-1-3-9-16/h1-13H,14-15H2,(H,24,26)(H,25,27). The van der Waals surface area contributed by atoms with E-state index in [1.54, 1.807) is 12.1 Å². The summed E-state index contributed by atoms with van der Waals surface area (Å²) in [6, 6.07) is 22.7. The van der Waals surface area contributed by atoms with Crippen LogP contribution in [-0.4, -0.2) is 25.0 Å². The zero-order valence-electron chi connectivity index (χ0n) is 15.4. The van der Waals surface area contributed by atoms with Gasteiger partial charge in [0.05, 0.1) is 0 Å². The van der Waals surface area contributed by atoms with Gasteiger partial charge in [-0.3, -0.25) is 20.4 Å². The number of nitrogens with one attached hydrogen (secondary N) is 2. The van der Waals surface area contributed by atoms with Gasteiger partial charge in [0.2, 0.25) is 0 Å². The van der Waals surface area contributed by atoms with Crippen LogP contribution in [0.3, 0.4) is 0 Å². The summed E-state index contributed by atoms with van der Waals surface area (Å²) >= 11 is 0. The SMILES string of the molecule is O=C(COc1ccccc1F)NNC(=O)COc1ccccc1-c1ccccc1. The summed E-state index contributed by atoms with van der Waals surface area (Å²) in [5.74, 6) is -1.26. The molecule has 29 heavy (non-hydrogen) atoms. The molecule has 0 atom stereocenters. The molecule has 3 aromatic carbocycles. The zero-order valence-corrected chi connectivity index (χ0v) is 15.4. The van der Waals surface area contributed by atoms with E-state index in [1.165, 1.54) is 18.2 Å². The first kappa shape index (κ1) is 19.9. The second-order valence-corrected chi connectivity index (χ2v) is 5.97. The number of para-hydroxylation sites is 2. The van der Waals surface area contributed by atoms with E-state index in [9.17, 15) is 14.0 Å². The van der Waals surface area contributed by atoms with Crippen LogP contribution in [0.2, 0.25) is 0 Å². The predicted octanol–water partition coefficient (Wildman–Crippen LogP) is 3.10. The molecule has 0 aromatic heterocycles. The minimum absolute atomic E-state index is 0.0465. The van der Waals surface area contributed by atoms with Crippen molar-refractivity contribution >= 4 is 11.8 Å². The summed E-state index contributed by atoms with van der Waals surface area (Å²) in [7, 11) is 0. The van der Waals surface area contributed by atoms with Crippen LogP contribution in [0.1, 0.15) is 0 Å². The average Bonchev–Trinajstić information content (AvgIpc) is 2.76. The van der Waals surface area contributed by atoms with Crippen LogP contribution >= 0.6 is 0 Å². The van der Waals surface area contributed by atoms with Gasteiger partial charge in [0.15, 0.2) is 24.8 Å². The fourth-order valence-corrected chi connectivity index (χ4v) is 2.51. The number of carbonyl (C=O) groups is 2. The lowest BCUT2D eigenvalue weighted by Crippen LogP contribution is -2.45. The third kappa shape index (κ3) is 5.80. The highest BCUT2D eigenvalue weighted by molar-refractivity contribution is 5.83. The largest absolute Gasteiger partial charge is 0.483 e. The maximum absolute atomic E-state index is 13.4. The molecule has 2 amide bonds. The smallest absolute Gasteiger partial charge is 0.276 e. The third-order valence-electron chi connectivity index (χ3n) is 3.87. The number of hydrogen-bond acceptors (Lipinski definition) is 4. The molecule has 3 rings (SSSR count). The summed E-state index contributed by atoms with van der Waals surface area (Å²) in [5.41, 5.74) is 6.22. The molecule has 0 radical (unpaired) electrons. The molecule has 3 aromatic rings. The number of benzene rings is 3. The quantitative estimate of drug-likeness (QED) is 0.604. The first-order chi connectivity index (χ1) is 14.1. The Hall–Kier alpha value is -3.87. The molecule has 148 valence electrons. The van der Waals surface area contributed by atoms with E-state index in [4.69, 9.17) is 9.47 Å². The van der Waals surface area contributed by atoms with E-state index in [0.717, 1.165) is 11.1 Å². The van der Waals surface area contributed by atoms with E-state index >= 15 is 0 Å². The van der Waals surface area contributed by atoms with Gasteiger partial charge in [-0.2, -0.15) is 0 Å². The van der Waals surface area contributed by atoms with Crippen LogP contribution in [0.25, 0.3) is 11.1 Å². The molecule has 7 heteroatoms. The molecule has 0 aliphatic rings. The number of halogens is 1. The van der Waals surface area contributed by atoms with Crippen molar-refractivity contribution in [2.75, 3.05) is 13.2 Å². The predicted molar refractivity (Wildman–Crippen MR) is 106 cm³/mol. The lowest BCUT2D eigenvalue weighted by molar-refractivity contribution is -0.131. The van der Waals surface area contributed by atoms with Crippen molar-refractivity contribution in [3.8, 4) is 22.6 Å². The molecule has 0 aliphatic carbocycles. The molecule has 0 unspecified atom stereocenters. The van der Waals surface area contributed by atoms with Gasteiger partial charge in [-0.25, -0.2) is 4.39 Å². The van der Waals surface area contributed by atoms with E-state index in [-0.39, 0.29) is 12.4 Å². The third-order valence-corrected chi connectivity index (χ3v) is 3.87. The molecule has 0 bridgehead atoms. The average molecular weight is 394 g/mol. The van der Waals surface area contributed by atoms with Crippen LogP contribution in [0, 0.1) is 5.82 Å². The summed E-state index contributed by atoms with van der Waals surface area (Å²) in [5, 5.41) is 0. The van der Waals surface area contributed by atoms with Crippen LogP contribution < -0.4 is 20.3 Å². The molecule has 0 heterocycles. The summed E-state index contributed by atoms with van der Waals surface area (Å²) < 4.78 is 24.1. The van der Waals surface area contributed by atoms with Crippen LogP contribution in [0.5, 0.6) is 11.5 Å². The maximum Gasteiger partial charge on any atom is 0.276 e. The fourth-order valence-electron chi connectivity index (χ4n) is 2.51. The Morgan fingerprint density at radius 3 is 1.86 bits per heavy atom.